The first kappa shape index (κ1) is 36.2. The van der Waals surface area contributed by atoms with Crippen LogP contribution in [0.25, 0.3) is 78.4 Å². The zero-order valence-corrected chi connectivity index (χ0v) is 33.5. The van der Waals surface area contributed by atoms with E-state index in [-0.39, 0.29) is 0 Å². The standard InChI is InChI=1S/C59H40N2/c1-6-18-41(19-7-1)42-30-32-43(33-31-42)51-38-53-50-28-16-17-29-54(50)59(48-24-12-4-13-25-48,49-26-14-5-15-27-49)55(53)39-52(51)44-34-36-46(37-35-44)57-40-56(45-20-8-2-9-21-45)60-58(61-57)47-22-10-3-11-23-47/h1-40H. The third kappa shape index (κ3) is 6.37. The predicted octanol–water partition coefficient (Wildman–Crippen LogP) is 14.8. The van der Waals surface area contributed by atoms with Crippen molar-refractivity contribution in [2.45, 2.75) is 5.41 Å². The molecule has 286 valence electrons. The summed E-state index contributed by atoms with van der Waals surface area (Å²) in [4.78, 5) is 10.2. The zero-order valence-electron chi connectivity index (χ0n) is 33.5. The first-order valence-corrected chi connectivity index (χ1v) is 20.9. The minimum atomic E-state index is -0.512. The lowest BCUT2D eigenvalue weighted by Crippen LogP contribution is -2.28. The fourth-order valence-electron chi connectivity index (χ4n) is 9.33. The van der Waals surface area contributed by atoms with Crippen molar-refractivity contribution in [1.29, 1.82) is 0 Å². The number of aromatic nitrogens is 2. The van der Waals surface area contributed by atoms with Crippen molar-refractivity contribution in [3.63, 3.8) is 0 Å². The Balaban J connectivity index is 1.12. The highest BCUT2D eigenvalue weighted by Crippen LogP contribution is 2.58. The average Bonchev–Trinajstić information content (AvgIpc) is 3.65. The number of hydrogen-bond donors (Lipinski definition) is 0. The molecule has 0 saturated carbocycles. The molecule has 0 amide bonds. The maximum atomic E-state index is 5.15. The van der Waals surface area contributed by atoms with Gasteiger partial charge >= 0.3 is 0 Å². The maximum Gasteiger partial charge on any atom is 0.160 e. The lowest BCUT2D eigenvalue weighted by Gasteiger charge is -2.34. The Hall–Kier alpha value is -7.94. The van der Waals surface area contributed by atoms with E-state index in [4.69, 9.17) is 9.97 Å². The van der Waals surface area contributed by atoms with Gasteiger partial charge in [0.1, 0.15) is 0 Å². The summed E-state index contributed by atoms with van der Waals surface area (Å²) < 4.78 is 0. The summed E-state index contributed by atoms with van der Waals surface area (Å²) in [6, 6.07) is 87.3. The van der Waals surface area contributed by atoms with Gasteiger partial charge in [0.15, 0.2) is 5.82 Å². The smallest absolute Gasteiger partial charge is 0.160 e. The van der Waals surface area contributed by atoms with Crippen LogP contribution in [0.1, 0.15) is 22.3 Å². The van der Waals surface area contributed by atoms with E-state index in [2.05, 4.69) is 218 Å². The summed E-state index contributed by atoms with van der Waals surface area (Å²) >= 11 is 0. The normalized spacial score (nSPS) is 12.4. The highest BCUT2D eigenvalue weighted by molar-refractivity contribution is 5.95. The van der Waals surface area contributed by atoms with Gasteiger partial charge < -0.3 is 0 Å². The molecule has 2 nitrogen and oxygen atoms in total. The van der Waals surface area contributed by atoms with Crippen LogP contribution < -0.4 is 0 Å². The van der Waals surface area contributed by atoms with Gasteiger partial charge in [-0.1, -0.05) is 224 Å². The second-order valence-corrected chi connectivity index (χ2v) is 15.7. The van der Waals surface area contributed by atoms with E-state index in [1.165, 1.54) is 61.2 Å². The van der Waals surface area contributed by atoms with Crippen LogP contribution in [0.4, 0.5) is 0 Å². The molecule has 0 atom stereocenters. The molecular weight excluding hydrogens is 737 g/mol. The number of benzene rings is 9. The van der Waals surface area contributed by atoms with Gasteiger partial charge in [0, 0.05) is 16.7 Å². The van der Waals surface area contributed by atoms with E-state index in [0.29, 0.717) is 5.82 Å². The molecule has 2 heteroatoms. The fraction of sp³-hybridized carbons (Fsp3) is 0.0169. The van der Waals surface area contributed by atoms with E-state index >= 15 is 0 Å². The molecular formula is C59H40N2. The molecule has 11 rings (SSSR count). The number of nitrogens with zero attached hydrogens (tertiary/aromatic N) is 2. The monoisotopic (exact) mass is 776 g/mol. The molecule has 61 heavy (non-hydrogen) atoms. The van der Waals surface area contributed by atoms with Crippen LogP contribution >= 0.6 is 0 Å². The third-order valence-electron chi connectivity index (χ3n) is 12.2. The van der Waals surface area contributed by atoms with Crippen LogP contribution in [0, 0.1) is 0 Å². The van der Waals surface area contributed by atoms with Crippen LogP contribution in [-0.4, -0.2) is 9.97 Å². The number of rotatable bonds is 8. The molecule has 0 saturated heterocycles. The molecule has 9 aromatic carbocycles. The molecule has 1 aliphatic carbocycles. The Morgan fingerprint density at radius 2 is 0.639 bits per heavy atom. The molecule has 0 aliphatic heterocycles. The van der Waals surface area contributed by atoms with E-state index in [1.54, 1.807) is 0 Å². The lowest BCUT2D eigenvalue weighted by molar-refractivity contribution is 0.769. The van der Waals surface area contributed by atoms with Gasteiger partial charge in [0.25, 0.3) is 0 Å². The Labute approximate surface area is 357 Å². The summed E-state index contributed by atoms with van der Waals surface area (Å²) in [5.74, 6) is 0.707. The predicted molar refractivity (Wildman–Crippen MR) is 252 cm³/mol. The van der Waals surface area contributed by atoms with Crippen molar-refractivity contribution in [2.24, 2.45) is 0 Å². The van der Waals surface area contributed by atoms with Gasteiger partial charge in [-0.15, -0.1) is 0 Å². The largest absolute Gasteiger partial charge is 0.228 e. The lowest BCUT2D eigenvalue weighted by atomic mass is 9.67. The van der Waals surface area contributed by atoms with Crippen LogP contribution in [0.2, 0.25) is 0 Å². The highest BCUT2D eigenvalue weighted by Gasteiger charge is 2.46. The number of hydrogen-bond acceptors (Lipinski definition) is 2. The first-order valence-electron chi connectivity index (χ1n) is 20.9. The van der Waals surface area contributed by atoms with Gasteiger partial charge in [0.05, 0.1) is 16.8 Å². The van der Waals surface area contributed by atoms with E-state index < -0.39 is 5.41 Å². The van der Waals surface area contributed by atoms with E-state index in [0.717, 1.165) is 33.6 Å². The summed E-state index contributed by atoms with van der Waals surface area (Å²) in [6.07, 6.45) is 0. The second-order valence-electron chi connectivity index (χ2n) is 15.7. The van der Waals surface area contributed by atoms with Crippen molar-refractivity contribution >= 4 is 0 Å². The Morgan fingerprint density at radius 1 is 0.246 bits per heavy atom. The van der Waals surface area contributed by atoms with Gasteiger partial charge in [-0.2, -0.15) is 0 Å². The van der Waals surface area contributed by atoms with Crippen molar-refractivity contribution in [3.8, 4) is 78.4 Å². The van der Waals surface area contributed by atoms with Gasteiger partial charge in [0.2, 0.25) is 0 Å². The van der Waals surface area contributed by atoms with Crippen LogP contribution in [-0.2, 0) is 5.41 Å². The average molecular weight is 777 g/mol. The fourth-order valence-corrected chi connectivity index (χ4v) is 9.33. The molecule has 0 unspecified atom stereocenters. The molecule has 1 aliphatic rings. The molecule has 0 N–H and O–H groups in total. The van der Waals surface area contributed by atoms with E-state index in [9.17, 15) is 0 Å². The molecule has 0 bridgehead atoms. The zero-order chi connectivity index (χ0) is 40.6. The van der Waals surface area contributed by atoms with Crippen molar-refractivity contribution in [3.05, 3.63) is 265 Å². The van der Waals surface area contributed by atoms with Crippen LogP contribution in [0.5, 0.6) is 0 Å². The van der Waals surface area contributed by atoms with Gasteiger partial charge in [-0.3, -0.25) is 0 Å². The quantitative estimate of drug-likeness (QED) is 0.154. The summed E-state index contributed by atoms with van der Waals surface area (Å²) in [5.41, 5.74) is 19.0. The summed E-state index contributed by atoms with van der Waals surface area (Å²) in [5, 5.41) is 0. The van der Waals surface area contributed by atoms with Crippen LogP contribution in [0.15, 0.2) is 243 Å². The van der Waals surface area contributed by atoms with Crippen LogP contribution in [0.3, 0.4) is 0 Å². The molecule has 10 aromatic rings. The third-order valence-corrected chi connectivity index (χ3v) is 12.2. The highest BCUT2D eigenvalue weighted by atomic mass is 14.9. The maximum absolute atomic E-state index is 5.15. The Morgan fingerprint density at radius 3 is 1.20 bits per heavy atom. The minimum Gasteiger partial charge on any atom is -0.228 e. The van der Waals surface area contributed by atoms with Gasteiger partial charge in [-0.05, 0) is 85.0 Å². The van der Waals surface area contributed by atoms with Crippen molar-refractivity contribution in [1.82, 2.24) is 9.97 Å². The Kier molecular flexibility index (Phi) is 9.09. The van der Waals surface area contributed by atoms with Crippen molar-refractivity contribution in [2.75, 3.05) is 0 Å². The Bertz CT molecular complexity index is 3030. The molecule has 1 heterocycles. The molecule has 0 radical (unpaired) electrons. The first-order chi connectivity index (χ1) is 30.2. The van der Waals surface area contributed by atoms with Gasteiger partial charge in [-0.25, -0.2) is 9.97 Å². The summed E-state index contributed by atoms with van der Waals surface area (Å²) in [7, 11) is 0. The minimum absolute atomic E-state index is 0.512. The molecule has 0 fully saturated rings. The SMILES string of the molecule is c1ccc(-c2ccc(-c3cc4c(cc3-c3ccc(-c5cc(-c6ccccc6)nc(-c6ccccc6)n5)cc3)C(c3ccccc3)(c3ccccc3)c3ccccc3-4)cc2)cc1. The molecule has 1 aromatic heterocycles. The second kappa shape index (κ2) is 15.3. The number of fused-ring (bicyclic) bond motifs is 3. The summed E-state index contributed by atoms with van der Waals surface area (Å²) in [6.45, 7) is 0. The van der Waals surface area contributed by atoms with Crippen molar-refractivity contribution < 1.29 is 0 Å². The molecule has 0 spiro atoms. The van der Waals surface area contributed by atoms with E-state index in [1.807, 2.05) is 24.3 Å². The topological polar surface area (TPSA) is 25.8 Å².